The Bertz CT molecular complexity index is 1510. The van der Waals surface area contributed by atoms with Crippen molar-refractivity contribution in [2.24, 2.45) is 0 Å². The summed E-state index contributed by atoms with van der Waals surface area (Å²) in [5, 5.41) is 0. The average molecular weight is 543 g/mol. The monoisotopic (exact) mass is 542 g/mol. The van der Waals surface area contributed by atoms with Crippen molar-refractivity contribution in [2.75, 3.05) is 0 Å². The lowest BCUT2D eigenvalue weighted by Crippen LogP contribution is -2.14. The first kappa shape index (κ1) is 25.4. The fourth-order valence-electron chi connectivity index (χ4n) is 3.95. The molecule has 0 amide bonds. The largest absolute Gasteiger partial charge is 0.307 e. The van der Waals surface area contributed by atoms with Gasteiger partial charge in [-0.05, 0) is 90.0 Å². The molecule has 5 aromatic carbocycles. The summed E-state index contributed by atoms with van der Waals surface area (Å²) in [6.45, 7) is 1.93. The number of rotatable bonds is 8. The number of hydrogen-bond acceptors (Lipinski definition) is 4. The molecule has 0 saturated carbocycles. The van der Waals surface area contributed by atoms with Gasteiger partial charge in [0.25, 0.3) is 0 Å². The van der Waals surface area contributed by atoms with Crippen LogP contribution in [0.15, 0.2) is 169 Å². The third-order valence-corrected chi connectivity index (χ3v) is 12.0. The van der Waals surface area contributed by atoms with Crippen LogP contribution in [0.3, 0.4) is 0 Å². The van der Waals surface area contributed by atoms with Crippen molar-refractivity contribution >= 4 is 32.2 Å². The van der Waals surface area contributed by atoms with E-state index in [1.807, 2.05) is 110 Å². The molecule has 0 radical (unpaired) electrons. The fraction of sp³-hybridized carbons (Fsp3) is 0.0323. The molecule has 0 atom stereocenters. The SMILES string of the molecule is Cc1ccc(S(=O)(=O)OS(c2ccccc2)(c2ccccc2)c2ccc(Sc3ccccc3)cc2)cc1. The van der Waals surface area contributed by atoms with Gasteiger partial charge >= 0.3 is 10.1 Å². The van der Waals surface area contributed by atoms with Gasteiger partial charge in [0.15, 0.2) is 0 Å². The standard InChI is InChI=1S/C31H26O3S3/c1-25-17-21-31(22-18-25)37(32,33)34-36(28-13-7-3-8-14-28,29-15-9-4-10-16-29)30-23-19-27(20-24-30)35-26-11-5-2-6-12-26/h2-24H,1H3. The first-order chi connectivity index (χ1) is 18.0. The highest BCUT2D eigenvalue weighted by atomic mass is 32.3. The number of hydrogen-bond donors (Lipinski definition) is 0. The average Bonchev–Trinajstić information content (AvgIpc) is 2.94. The molecule has 5 aromatic rings. The van der Waals surface area contributed by atoms with Crippen molar-refractivity contribution in [3.05, 3.63) is 145 Å². The highest BCUT2D eigenvalue weighted by Gasteiger charge is 2.38. The van der Waals surface area contributed by atoms with Crippen LogP contribution in [0.1, 0.15) is 5.56 Å². The molecule has 0 N–H and O–H groups in total. The van der Waals surface area contributed by atoms with E-state index >= 15 is 0 Å². The molecule has 5 rings (SSSR count). The van der Waals surface area contributed by atoms with E-state index in [9.17, 15) is 8.42 Å². The van der Waals surface area contributed by atoms with Crippen molar-refractivity contribution < 1.29 is 12.0 Å². The lowest BCUT2D eigenvalue weighted by atomic mass is 10.2. The molecule has 0 aliphatic carbocycles. The van der Waals surface area contributed by atoms with Gasteiger partial charge in [-0.3, -0.25) is 0 Å². The molecule has 0 aliphatic heterocycles. The third kappa shape index (κ3) is 5.53. The molecule has 0 unspecified atom stereocenters. The summed E-state index contributed by atoms with van der Waals surface area (Å²) in [6.07, 6.45) is 0. The predicted octanol–water partition coefficient (Wildman–Crippen LogP) is 8.75. The van der Waals surface area contributed by atoms with Crippen molar-refractivity contribution in [3.8, 4) is 0 Å². The van der Waals surface area contributed by atoms with E-state index in [-0.39, 0.29) is 4.90 Å². The van der Waals surface area contributed by atoms with E-state index in [4.69, 9.17) is 3.63 Å². The number of benzene rings is 5. The Hall–Kier alpha value is -3.29. The van der Waals surface area contributed by atoms with Crippen molar-refractivity contribution in [2.45, 2.75) is 36.3 Å². The molecule has 3 nitrogen and oxygen atoms in total. The maximum atomic E-state index is 13.8. The second kappa shape index (κ2) is 11.0. The van der Waals surface area contributed by atoms with Crippen LogP contribution in [-0.2, 0) is 13.7 Å². The Morgan fingerprint density at radius 3 is 1.41 bits per heavy atom. The maximum absolute atomic E-state index is 13.8. The Morgan fingerprint density at radius 1 is 0.486 bits per heavy atom. The molecular formula is C31H26O3S3. The molecule has 0 fully saturated rings. The predicted molar refractivity (Wildman–Crippen MR) is 152 cm³/mol. The smallest absolute Gasteiger partial charge is 0.203 e. The van der Waals surface area contributed by atoms with Crippen LogP contribution in [0.25, 0.3) is 0 Å². The minimum Gasteiger partial charge on any atom is -0.203 e. The molecule has 0 aliphatic rings. The summed E-state index contributed by atoms with van der Waals surface area (Å²) >= 11 is 1.66. The molecule has 186 valence electrons. The highest BCUT2D eigenvalue weighted by Crippen LogP contribution is 2.70. The molecule has 37 heavy (non-hydrogen) atoms. The van der Waals surface area contributed by atoms with E-state index in [1.165, 1.54) is 0 Å². The Balaban J connectivity index is 1.67. The zero-order chi connectivity index (χ0) is 25.7. The minimum atomic E-state index is -4.11. The highest BCUT2D eigenvalue weighted by molar-refractivity contribution is 8.33. The zero-order valence-electron chi connectivity index (χ0n) is 20.2. The van der Waals surface area contributed by atoms with Crippen molar-refractivity contribution in [1.29, 1.82) is 0 Å². The first-order valence-corrected chi connectivity index (χ1v) is 15.5. The lowest BCUT2D eigenvalue weighted by molar-refractivity contribution is 0.508. The molecular weight excluding hydrogens is 517 g/mol. The van der Waals surface area contributed by atoms with Gasteiger partial charge in [-0.1, -0.05) is 84.1 Å². The van der Waals surface area contributed by atoms with Gasteiger partial charge in [0, 0.05) is 24.5 Å². The second-order valence-electron chi connectivity index (χ2n) is 8.40. The van der Waals surface area contributed by atoms with Crippen LogP contribution in [0, 0.1) is 6.92 Å². The van der Waals surface area contributed by atoms with Crippen LogP contribution < -0.4 is 0 Å². The van der Waals surface area contributed by atoms with E-state index < -0.39 is 20.4 Å². The van der Waals surface area contributed by atoms with Crippen molar-refractivity contribution in [3.63, 3.8) is 0 Å². The summed E-state index contributed by atoms with van der Waals surface area (Å²) < 4.78 is 34.0. The summed E-state index contributed by atoms with van der Waals surface area (Å²) in [5.74, 6) is 0. The third-order valence-electron chi connectivity index (χ3n) is 5.79. The molecule has 0 bridgehead atoms. The summed E-state index contributed by atoms with van der Waals surface area (Å²) in [5.41, 5.74) is 0.982. The van der Waals surface area contributed by atoms with Crippen molar-refractivity contribution in [1.82, 2.24) is 0 Å². The lowest BCUT2D eigenvalue weighted by Gasteiger charge is -2.39. The number of aryl methyl sites for hydroxylation is 1. The first-order valence-electron chi connectivity index (χ1n) is 11.8. The summed E-state index contributed by atoms with van der Waals surface area (Å²) in [7, 11) is -6.74. The van der Waals surface area contributed by atoms with E-state index in [0.29, 0.717) is 0 Å². The van der Waals surface area contributed by atoms with E-state index in [2.05, 4.69) is 12.1 Å². The Kier molecular flexibility index (Phi) is 7.53. The molecule has 0 aromatic heterocycles. The fourth-order valence-corrected chi connectivity index (χ4v) is 10.0. The molecule has 0 saturated heterocycles. The van der Waals surface area contributed by atoms with Gasteiger partial charge in [-0.25, -0.2) is 3.63 Å². The molecule has 0 heterocycles. The van der Waals surface area contributed by atoms with Crippen LogP contribution in [0.2, 0.25) is 0 Å². The van der Waals surface area contributed by atoms with Crippen LogP contribution in [-0.4, -0.2) is 8.42 Å². The van der Waals surface area contributed by atoms with Gasteiger partial charge in [-0.15, -0.1) is 0 Å². The van der Waals surface area contributed by atoms with Gasteiger partial charge < -0.3 is 0 Å². The minimum absolute atomic E-state index is 0.137. The topological polar surface area (TPSA) is 43.4 Å². The van der Waals surface area contributed by atoms with Gasteiger partial charge in [-0.2, -0.15) is 8.42 Å². The normalized spacial score (nSPS) is 12.2. The molecule has 0 spiro atoms. The summed E-state index contributed by atoms with van der Waals surface area (Å²) in [6, 6.07) is 44.3. The maximum Gasteiger partial charge on any atom is 0.307 e. The van der Waals surface area contributed by atoms with Gasteiger partial charge in [0.05, 0.1) is 4.90 Å². The second-order valence-corrected chi connectivity index (χ2v) is 14.0. The van der Waals surface area contributed by atoms with Gasteiger partial charge in [0.1, 0.15) is 0 Å². The van der Waals surface area contributed by atoms with Crippen LogP contribution in [0.4, 0.5) is 0 Å². The van der Waals surface area contributed by atoms with Crippen LogP contribution >= 0.6 is 22.1 Å². The summed E-state index contributed by atoms with van der Waals surface area (Å²) in [4.78, 5) is 4.75. The Labute approximate surface area is 224 Å². The van der Waals surface area contributed by atoms with E-state index in [0.717, 1.165) is 30.0 Å². The zero-order valence-corrected chi connectivity index (χ0v) is 22.7. The quantitative estimate of drug-likeness (QED) is 0.197. The van der Waals surface area contributed by atoms with Gasteiger partial charge in [0.2, 0.25) is 0 Å². The van der Waals surface area contributed by atoms with E-state index in [1.54, 1.807) is 36.0 Å². The molecule has 6 heteroatoms. The Morgan fingerprint density at radius 2 is 0.892 bits per heavy atom. The van der Waals surface area contributed by atoms with Crippen LogP contribution in [0.5, 0.6) is 0 Å².